The maximum absolute atomic E-state index is 12.0. The van der Waals surface area contributed by atoms with Crippen LogP contribution in [-0.2, 0) is 9.53 Å². The van der Waals surface area contributed by atoms with E-state index in [9.17, 15) is 14.4 Å². The first-order valence-corrected chi connectivity index (χ1v) is 6.74. The predicted molar refractivity (Wildman–Crippen MR) is 72.3 cm³/mol. The van der Waals surface area contributed by atoms with Crippen LogP contribution < -0.4 is 15.0 Å². The molecule has 1 aromatic heterocycles. The number of carbonyl (C=O) groups excluding carboxylic acids is 2. The molecule has 120 valence electrons. The monoisotopic (exact) mass is 321 g/mol. The molecule has 4 heterocycles. The van der Waals surface area contributed by atoms with Gasteiger partial charge in [-0.3, -0.25) is 9.69 Å². The molecule has 23 heavy (non-hydrogen) atoms. The lowest BCUT2D eigenvalue weighted by atomic mass is 9.95. The molecule has 11 nitrogen and oxygen atoms in total. The molecule has 3 aliphatic heterocycles. The van der Waals surface area contributed by atoms with Gasteiger partial charge in [-0.05, 0) is 0 Å². The maximum Gasteiger partial charge on any atom is 0.416 e. The molecular weight excluding hydrogens is 310 g/mol. The second-order valence-corrected chi connectivity index (χ2v) is 5.49. The van der Waals surface area contributed by atoms with Gasteiger partial charge < -0.3 is 24.8 Å². The molecule has 11 heteroatoms. The SMILES string of the molecule is O=C1COc2ncc(N3CC4(CN(C(=O)O)C4)OC3=O)nc2N1. The standard InChI is InChI=1S/C12H11N5O6/c18-7-2-22-9-8(15-7)14-6(1-13-9)17-5-12(23-11(17)21)3-16(4-12)10(19)20/h1H,2-5H2,(H,19,20)(H,14,15,18). The summed E-state index contributed by atoms with van der Waals surface area (Å²) in [7, 11) is 0. The summed E-state index contributed by atoms with van der Waals surface area (Å²) in [6.07, 6.45) is -0.351. The van der Waals surface area contributed by atoms with E-state index in [0.29, 0.717) is 0 Å². The number of nitrogens with zero attached hydrogens (tertiary/aromatic N) is 4. The van der Waals surface area contributed by atoms with Gasteiger partial charge in [0.1, 0.15) is 0 Å². The first-order chi connectivity index (χ1) is 11.0. The predicted octanol–water partition coefficient (Wildman–Crippen LogP) is -0.504. The molecule has 0 radical (unpaired) electrons. The van der Waals surface area contributed by atoms with Crippen LogP contribution in [0, 0.1) is 0 Å². The van der Waals surface area contributed by atoms with E-state index < -0.39 is 17.8 Å². The molecule has 0 aliphatic carbocycles. The van der Waals surface area contributed by atoms with Crippen molar-refractivity contribution in [3.05, 3.63) is 6.20 Å². The van der Waals surface area contributed by atoms with Crippen LogP contribution >= 0.6 is 0 Å². The number of carboxylic acid groups (broad SMARTS) is 1. The number of carbonyl (C=O) groups is 3. The first kappa shape index (κ1) is 13.5. The molecule has 3 aliphatic rings. The van der Waals surface area contributed by atoms with Crippen molar-refractivity contribution in [3.63, 3.8) is 0 Å². The Morgan fingerprint density at radius 1 is 1.35 bits per heavy atom. The van der Waals surface area contributed by atoms with Gasteiger partial charge >= 0.3 is 12.2 Å². The van der Waals surface area contributed by atoms with Crippen molar-refractivity contribution in [3.8, 4) is 5.88 Å². The summed E-state index contributed by atoms with van der Waals surface area (Å²) in [5, 5.41) is 11.4. The Hall–Kier alpha value is -3.11. The molecular formula is C12H11N5O6. The highest BCUT2D eigenvalue weighted by atomic mass is 16.6. The van der Waals surface area contributed by atoms with Crippen LogP contribution in [0.15, 0.2) is 6.20 Å². The normalized spacial score (nSPS) is 21.2. The Bertz CT molecular complexity index is 731. The average molecular weight is 321 g/mol. The van der Waals surface area contributed by atoms with E-state index in [1.54, 1.807) is 0 Å². The number of hydrogen-bond donors (Lipinski definition) is 2. The van der Waals surface area contributed by atoms with Crippen LogP contribution in [0.4, 0.5) is 21.2 Å². The molecule has 0 bridgehead atoms. The zero-order valence-corrected chi connectivity index (χ0v) is 11.7. The van der Waals surface area contributed by atoms with Crippen molar-refractivity contribution in [2.45, 2.75) is 5.60 Å². The largest absolute Gasteiger partial charge is 0.465 e. The van der Waals surface area contributed by atoms with Gasteiger partial charge in [-0.2, -0.15) is 0 Å². The third-order valence-electron chi connectivity index (χ3n) is 3.80. The second-order valence-electron chi connectivity index (χ2n) is 5.49. The summed E-state index contributed by atoms with van der Waals surface area (Å²) in [4.78, 5) is 44.8. The number of nitrogens with one attached hydrogen (secondary N) is 1. The molecule has 0 unspecified atom stereocenters. The van der Waals surface area contributed by atoms with Crippen LogP contribution in [0.25, 0.3) is 0 Å². The lowest BCUT2D eigenvalue weighted by Gasteiger charge is -2.43. The number of fused-ring (bicyclic) bond motifs is 1. The van der Waals surface area contributed by atoms with E-state index in [2.05, 4.69) is 15.3 Å². The topological polar surface area (TPSA) is 134 Å². The number of rotatable bonds is 1. The zero-order chi connectivity index (χ0) is 16.2. The minimum Gasteiger partial charge on any atom is -0.465 e. The van der Waals surface area contributed by atoms with Gasteiger partial charge in [0.2, 0.25) is 0 Å². The molecule has 2 fully saturated rings. The number of hydrogen-bond acceptors (Lipinski definition) is 7. The van der Waals surface area contributed by atoms with E-state index in [1.807, 2.05) is 0 Å². The highest BCUT2D eigenvalue weighted by molar-refractivity contribution is 5.95. The van der Waals surface area contributed by atoms with Gasteiger partial charge in [-0.25, -0.2) is 19.6 Å². The molecule has 0 saturated carbocycles. The maximum atomic E-state index is 12.0. The van der Waals surface area contributed by atoms with Gasteiger partial charge in [-0.15, -0.1) is 0 Å². The van der Waals surface area contributed by atoms with E-state index in [0.717, 1.165) is 4.90 Å². The molecule has 2 saturated heterocycles. The van der Waals surface area contributed by atoms with Crippen molar-refractivity contribution in [2.24, 2.45) is 0 Å². The Kier molecular flexibility index (Phi) is 2.62. The summed E-state index contributed by atoms with van der Waals surface area (Å²) >= 11 is 0. The summed E-state index contributed by atoms with van der Waals surface area (Å²) in [6, 6.07) is 0. The number of amides is 3. The highest BCUT2D eigenvalue weighted by Crippen LogP contribution is 2.35. The van der Waals surface area contributed by atoms with Crippen molar-refractivity contribution >= 4 is 29.7 Å². The van der Waals surface area contributed by atoms with Crippen molar-refractivity contribution in [1.29, 1.82) is 0 Å². The van der Waals surface area contributed by atoms with Gasteiger partial charge in [0, 0.05) is 0 Å². The van der Waals surface area contributed by atoms with E-state index in [1.165, 1.54) is 11.1 Å². The summed E-state index contributed by atoms with van der Waals surface area (Å²) in [5.41, 5.74) is -0.854. The van der Waals surface area contributed by atoms with Crippen LogP contribution in [0.3, 0.4) is 0 Å². The Balaban J connectivity index is 1.55. The van der Waals surface area contributed by atoms with Crippen molar-refractivity contribution < 1.29 is 29.0 Å². The second kappa shape index (κ2) is 4.44. The molecule has 2 N–H and O–H groups in total. The minimum absolute atomic E-state index is 0.114. The lowest BCUT2D eigenvalue weighted by molar-refractivity contribution is -0.118. The third-order valence-corrected chi connectivity index (χ3v) is 3.80. The van der Waals surface area contributed by atoms with Gasteiger partial charge in [0.25, 0.3) is 11.8 Å². The number of likely N-dealkylation sites (tertiary alicyclic amines) is 1. The van der Waals surface area contributed by atoms with Crippen LogP contribution in [-0.4, -0.2) is 69.9 Å². The van der Waals surface area contributed by atoms with Crippen molar-refractivity contribution in [2.75, 3.05) is 36.5 Å². The number of aromatic nitrogens is 2. The van der Waals surface area contributed by atoms with Crippen LogP contribution in [0.5, 0.6) is 5.88 Å². The molecule has 0 atom stereocenters. The third kappa shape index (κ3) is 2.08. The first-order valence-electron chi connectivity index (χ1n) is 6.74. The minimum atomic E-state index is -1.06. The fourth-order valence-electron chi connectivity index (χ4n) is 2.74. The van der Waals surface area contributed by atoms with Crippen molar-refractivity contribution in [1.82, 2.24) is 14.9 Å². The molecule has 4 rings (SSSR count). The molecule has 1 spiro atoms. The number of ether oxygens (including phenoxy) is 2. The molecule has 1 aromatic rings. The van der Waals surface area contributed by atoms with E-state index in [4.69, 9.17) is 14.6 Å². The Labute approximate surface area is 128 Å². The summed E-state index contributed by atoms with van der Waals surface area (Å²) in [5.74, 6) is 0.148. The summed E-state index contributed by atoms with van der Waals surface area (Å²) in [6.45, 7) is 0.254. The molecule has 0 aromatic carbocycles. The zero-order valence-electron chi connectivity index (χ0n) is 11.7. The van der Waals surface area contributed by atoms with Crippen LogP contribution in [0.2, 0.25) is 0 Å². The smallest absolute Gasteiger partial charge is 0.416 e. The van der Waals surface area contributed by atoms with E-state index in [-0.39, 0.29) is 49.7 Å². The Morgan fingerprint density at radius 2 is 2.13 bits per heavy atom. The van der Waals surface area contributed by atoms with E-state index >= 15 is 0 Å². The van der Waals surface area contributed by atoms with Gasteiger partial charge in [0.05, 0.1) is 25.8 Å². The van der Waals surface area contributed by atoms with Gasteiger partial charge in [-0.1, -0.05) is 0 Å². The fourth-order valence-corrected chi connectivity index (χ4v) is 2.74. The average Bonchev–Trinajstić information content (AvgIpc) is 2.83. The van der Waals surface area contributed by atoms with Gasteiger partial charge in [0.15, 0.2) is 23.8 Å². The fraction of sp³-hybridized carbons (Fsp3) is 0.417. The molecule has 3 amide bonds. The summed E-state index contributed by atoms with van der Waals surface area (Å²) < 4.78 is 10.4. The quantitative estimate of drug-likeness (QED) is 0.706. The van der Waals surface area contributed by atoms with Crippen LogP contribution in [0.1, 0.15) is 0 Å². The lowest BCUT2D eigenvalue weighted by Crippen LogP contribution is -2.65. The number of anilines is 2. The Morgan fingerprint density at radius 3 is 2.87 bits per heavy atom. The highest BCUT2D eigenvalue weighted by Gasteiger charge is 2.56.